The Bertz CT molecular complexity index is 453. The minimum Gasteiger partial charge on any atom is -0.312 e. The van der Waals surface area contributed by atoms with Gasteiger partial charge in [-0.3, -0.25) is 0 Å². The van der Waals surface area contributed by atoms with Gasteiger partial charge in [-0.05, 0) is 60.5 Å². The zero-order valence-electron chi connectivity index (χ0n) is 13.8. The van der Waals surface area contributed by atoms with Crippen molar-refractivity contribution in [2.75, 3.05) is 6.54 Å². The average Bonchev–Trinajstić information content (AvgIpc) is 3.20. The summed E-state index contributed by atoms with van der Waals surface area (Å²) >= 11 is 0. The predicted molar refractivity (Wildman–Crippen MR) is 90.5 cm³/mol. The highest BCUT2D eigenvalue weighted by atomic mass is 14.9. The molecule has 1 heteroatoms. The third-order valence-corrected chi connectivity index (χ3v) is 5.39. The molecule has 0 bridgehead atoms. The predicted octanol–water partition coefficient (Wildman–Crippen LogP) is 5.26. The van der Waals surface area contributed by atoms with Crippen molar-refractivity contribution in [1.29, 1.82) is 0 Å². The van der Waals surface area contributed by atoms with Gasteiger partial charge in [0.15, 0.2) is 0 Å². The lowest BCUT2D eigenvalue weighted by Gasteiger charge is -2.31. The van der Waals surface area contributed by atoms with Gasteiger partial charge >= 0.3 is 0 Å². The minimum atomic E-state index is 0.586. The molecule has 0 heterocycles. The van der Waals surface area contributed by atoms with Crippen molar-refractivity contribution in [3.05, 3.63) is 35.4 Å². The summed E-state index contributed by atoms with van der Waals surface area (Å²) in [6.07, 6.45) is 9.93. The van der Waals surface area contributed by atoms with E-state index in [0.717, 1.165) is 18.4 Å². The van der Waals surface area contributed by atoms with E-state index in [0.29, 0.717) is 5.41 Å². The lowest BCUT2D eigenvalue weighted by Crippen LogP contribution is -2.33. The molecule has 21 heavy (non-hydrogen) atoms. The quantitative estimate of drug-likeness (QED) is 0.720. The summed E-state index contributed by atoms with van der Waals surface area (Å²) < 4.78 is 0. The molecule has 2 fully saturated rings. The second kappa shape index (κ2) is 6.52. The van der Waals surface area contributed by atoms with Crippen LogP contribution in [0.25, 0.3) is 0 Å². The van der Waals surface area contributed by atoms with Crippen molar-refractivity contribution in [3.63, 3.8) is 0 Å². The van der Waals surface area contributed by atoms with Gasteiger partial charge < -0.3 is 5.32 Å². The van der Waals surface area contributed by atoms with E-state index >= 15 is 0 Å². The van der Waals surface area contributed by atoms with Gasteiger partial charge in [-0.2, -0.15) is 0 Å². The van der Waals surface area contributed by atoms with Crippen LogP contribution in [0.5, 0.6) is 0 Å². The van der Waals surface area contributed by atoms with Crippen molar-refractivity contribution in [3.8, 4) is 0 Å². The number of nitrogens with one attached hydrogen (secondary N) is 1. The molecule has 0 radical (unpaired) electrons. The molecule has 116 valence electrons. The number of rotatable bonds is 7. The summed E-state index contributed by atoms with van der Waals surface area (Å²) in [5.74, 6) is 1.68. The number of hydrogen-bond acceptors (Lipinski definition) is 1. The maximum absolute atomic E-state index is 3.81. The molecule has 0 amide bonds. The average molecular weight is 285 g/mol. The molecule has 0 saturated heterocycles. The van der Waals surface area contributed by atoms with Crippen LogP contribution in [0.3, 0.4) is 0 Å². The molecule has 0 unspecified atom stereocenters. The first kappa shape index (κ1) is 15.1. The van der Waals surface area contributed by atoms with E-state index in [4.69, 9.17) is 0 Å². The van der Waals surface area contributed by atoms with Gasteiger partial charge in [0.1, 0.15) is 0 Å². The summed E-state index contributed by atoms with van der Waals surface area (Å²) in [7, 11) is 0. The summed E-state index contributed by atoms with van der Waals surface area (Å²) in [6.45, 7) is 7.03. The highest BCUT2D eigenvalue weighted by molar-refractivity contribution is 5.33. The fourth-order valence-corrected chi connectivity index (χ4v) is 4.39. The van der Waals surface area contributed by atoms with Gasteiger partial charge in [0, 0.05) is 13.1 Å². The molecule has 0 spiro atoms. The molecule has 0 aliphatic heterocycles. The van der Waals surface area contributed by atoms with E-state index in [-0.39, 0.29) is 0 Å². The summed E-state index contributed by atoms with van der Waals surface area (Å²) in [5.41, 5.74) is 3.73. The van der Waals surface area contributed by atoms with Crippen LogP contribution in [0, 0.1) is 11.3 Å². The van der Waals surface area contributed by atoms with Gasteiger partial charge in [-0.1, -0.05) is 51.0 Å². The van der Waals surface area contributed by atoms with Crippen LogP contribution in [0.4, 0.5) is 0 Å². The van der Waals surface area contributed by atoms with Crippen molar-refractivity contribution >= 4 is 0 Å². The fourth-order valence-electron chi connectivity index (χ4n) is 4.39. The lowest BCUT2D eigenvalue weighted by molar-refractivity contribution is 0.223. The van der Waals surface area contributed by atoms with Gasteiger partial charge in [0.05, 0.1) is 0 Å². The first-order valence-electron chi connectivity index (χ1n) is 8.97. The number of benzene rings is 1. The Morgan fingerprint density at radius 2 is 1.86 bits per heavy atom. The molecule has 2 aliphatic rings. The van der Waals surface area contributed by atoms with E-state index in [9.17, 15) is 0 Å². The molecule has 1 nitrogen and oxygen atoms in total. The maximum atomic E-state index is 3.81. The standard InChI is InChI=1S/C20H31N/c1-16(2)13-20(11-5-6-12-20)15-21-14-18-7-3-4-8-19(18)17-9-10-17/h3-4,7-8,16-17,21H,5-6,9-15H2,1-2H3. The van der Waals surface area contributed by atoms with Crippen LogP contribution in [-0.4, -0.2) is 6.54 Å². The summed E-state index contributed by atoms with van der Waals surface area (Å²) in [4.78, 5) is 0. The molecule has 3 rings (SSSR count). The zero-order chi connectivity index (χ0) is 14.7. The molecule has 2 aliphatic carbocycles. The number of hydrogen-bond donors (Lipinski definition) is 1. The van der Waals surface area contributed by atoms with Crippen molar-refractivity contribution in [1.82, 2.24) is 5.32 Å². The highest BCUT2D eigenvalue weighted by Gasteiger charge is 2.34. The molecule has 1 N–H and O–H groups in total. The van der Waals surface area contributed by atoms with Crippen LogP contribution in [0.15, 0.2) is 24.3 Å². The van der Waals surface area contributed by atoms with Crippen LogP contribution >= 0.6 is 0 Å². The van der Waals surface area contributed by atoms with Crippen LogP contribution in [0.2, 0.25) is 0 Å². The first-order chi connectivity index (χ1) is 10.2. The Balaban J connectivity index is 1.57. The van der Waals surface area contributed by atoms with Crippen LogP contribution in [-0.2, 0) is 6.54 Å². The Morgan fingerprint density at radius 1 is 1.14 bits per heavy atom. The van der Waals surface area contributed by atoms with Crippen molar-refractivity contribution in [2.24, 2.45) is 11.3 Å². The lowest BCUT2D eigenvalue weighted by atomic mass is 9.78. The fraction of sp³-hybridized carbons (Fsp3) is 0.700. The molecule has 0 atom stereocenters. The minimum absolute atomic E-state index is 0.586. The Hall–Kier alpha value is -0.820. The molecular formula is C20H31N. The normalized spacial score (nSPS) is 21.1. The SMILES string of the molecule is CC(C)CC1(CNCc2ccccc2C2CC2)CCCC1. The summed E-state index contributed by atoms with van der Waals surface area (Å²) in [6, 6.07) is 9.06. The Kier molecular flexibility index (Phi) is 4.69. The van der Waals surface area contributed by atoms with E-state index in [1.54, 1.807) is 5.56 Å². The second-order valence-corrected chi connectivity index (χ2v) is 7.88. The van der Waals surface area contributed by atoms with Crippen LogP contribution in [0.1, 0.15) is 75.8 Å². The summed E-state index contributed by atoms with van der Waals surface area (Å²) in [5, 5.41) is 3.81. The molecular weight excluding hydrogens is 254 g/mol. The molecule has 0 aromatic heterocycles. The van der Waals surface area contributed by atoms with Gasteiger partial charge in [-0.25, -0.2) is 0 Å². The Morgan fingerprint density at radius 3 is 2.52 bits per heavy atom. The van der Waals surface area contributed by atoms with E-state index < -0.39 is 0 Å². The largest absolute Gasteiger partial charge is 0.312 e. The maximum Gasteiger partial charge on any atom is 0.0208 e. The second-order valence-electron chi connectivity index (χ2n) is 7.88. The van der Waals surface area contributed by atoms with Crippen LogP contribution < -0.4 is 5.32 Å². The van der Waals surface area contributed by atoms with E-state index in [1.165, 1.54) is 57.1 Å². The van der Waals surface area contributed by atoms with E-state index in [2.05, 4.69) is 43.4 Å². The van der Waals surface area contributed by atoms with Gasteiger partial charge in [0.2, 0.25) is 0 Å². The highest BCUT2D eigenvalue weighted by Crippen LogP contribution is 2.43. The molecule has 2 saturated carbocycles. The monoisotopic (exact) mass is 285 g/mol. The van der Waals surface area contributed by atoms with Crippen molar-refractivity contribution < 1.29 is 0 Å². The molecule has 1 aromatic carbocycles. The van der Waals surface area contributed by atoms with Crippen molar-refractivity contribution in [2.45, 2.75) is 71.3 Å². The third kappa shape index (κ3) is 3.88. The molecule has 1 aromatic rings. The Labute approximate surface area is 130 Å². The van der Waals surface area contributed by atoms with E-state index in [1.807, 2.05) is 0 Å². The smallest absolute Gasteiger partial charge is 0.0208 e. The van der Waals surface area contributed by atoms with Gasteiger partial charge in [-0.15, -0.1) is 0 Å². The third-order valence-electron chi connectivity index (χ3n) is 5.39. The zero-order valence-corrected chi connectivity index (χ0v) is 13.8. The first-order valence-corrected chi connectivity index (χ1v) is 8.97. The van der Waals surface area contributed by atoms with Gasteiger partial charge in [0.25, 0.3) is 0 Å². The topological polar surface area (TPSA) is 12.0 Å².